The predicted molar refractivity (Wildman–Crippen MR) is 75.1 cm³/mol. The SMILES string of the molecule is CCCCN(C)C(=O)C1NC(=O)OC1c1ccccc1. The summed E-state index contributed by atoms with van der Waals surface area (Å²) >= 11 is 0. The minimum absolute atomic E-state index is 0.113. The third kappa shape index (κ3) is 3.10. The summed E-state index contributed by atoms with van der Waals surface area (Å²) in [5.41, 5.74) is 0.827. The molecule has 1 saturated heterocycles. The molecule has 0 aromatic heterocycles. The average Bonchev–Trinajstić information content (AvgIpc) is 2.86. The lowest BCUT2D eigenvalue weighted by Crippen LogP contribution is -2.45. The third-order valence-electron chi connectivity index (χ3n) is 3.43. The van der Waals surface area contributed by atoms with E-state index in [0.717, 1.165) is 18.4 Å². The van der Waals surface area contributed by atoms with E-state index in [1.165, 1.54) is 0 Å². The average molecular weight is 276 g/mol. The maximum absolute atomic E-state index is 12.4. The predicted octanol–water partition coefficient (Wildman–Crippen LogP) is 2.09. The van der Waals surface area contributed by atoms with E-state index in [-0.39, 0.29) is 5.91 Å². The summed E-state index contributed by atoms with van der Waals surface area (Å²) in [6.07, 6.45) is 0.869. The number of ether oxygens (including phenoxy) is 1. The van der Waals surface area contributed by atoms with Gasteiger partial charge in [0.15, 0.2) is 12.1 Å². The van der Waals surface area contributed by atoms with E-state index in [1.54, 1.807) is 11.9 Å². The van der Waals surface area contributed by atoms with E-state index in [1.807, 2.05) is 30.3 Å². The summed E-state index contributed by atoms with van der Waals surface area (Å²) in [5, 5.41) is 2.61. The lowest BCUT2D eigenvalue weighted by Gasteiger charge is -2.23. The number of likely N-dealkylation sites (N-methyl/N-ethyl adjacent to an activating group) is 1. The number of alkyl carbamates (subject to hydrolysis) is 1. The van der Waals surface area contributed by atoms with Crippen LogP contribution in [0.25, 0.3) is 0 Å². The Bertz CT molecular complexity index is 475. The fraction of sp³-hybridized carbons (Fsp3) is 0.467. The van der Waals surface area contributed by atoms with Crippen molar-refractivity contribution in [1.29, 1.82) is 0 Å². The minimum atomic E-state index is -0.647. The van der Waals surface area contributed by atoms with Crippen LogP contribution >= 0.6 is 0 Å². The van der Waals surface area contributed by atoms with Crippen LogP contribution in [0.2, 0.25) is 0 Å². The Kier molecular flexibility index (Phi) is 4.61. The van der Waals surface area contributed by atoms with E-state index in [4.69, 9.17) is 4.74 Å². The van der Waals surface area contributed by atoms with Gasteiger partial charge in [-0.3, -0.25) is 4.79 Å². The van der Waals surface area contributed by atoms with E-state index < -0.39 is 18.2 Å². The molecule has 0 spiro atoms. The maximum atomic E-state index is 12.4. The van der Waals surface area contributed by atoms with Crippen molar-refractivity contribution in [1.82, 2.24) is 10.2 Å². The van der Waals surface area contributed by atoms with Crippen molar-refractivity contribution in [3.63, 3.8) is 0 Å². The molecule has 1 aromatic carbocycles. The van der Waals surface area contributed by atoms with Gasteiger partial charge in [0, 0.05) is 13.6 Å². The van der Waals surface area contributed by atoms with Crippen LogP contribution in [0.4, 0.5) is 4.79 Å². The highest BCUT2D eigenvalue weighted by Gasteiger charge is 2.41. The molecule has 1 N–H and O–H groups in total. The number of cyclic esters (lactones) is 1. The highest BCUT2D eigenvalue weighted by Crippen LogP contribution is 2.27. The van der Waals surface area contributed by atoms with Gasteiger partial charge in [-0.15, -0.1) is 0 Å². The van der Waals surface area contributed by atoms with Crippen molar-refractivity contribution in [3.8, 4) is 0 Å². The zero-order valence-electron chi connectivity index (χ0n) is 11.8. The number of carbonyl (C=O) groups excluding carboxylic acids is 2. The van der Waals surface area contributed by atoms with Gasteiger partial charge in [-0.1, -0.05) is 43.7 Å². The molecule has 1 aromatic rings. The molecule has 1 aliphatic rings. The number of nitrogens with zero attached hydrogens (tertiary/aromatic N) is 1. The van der Waals surface area contributed by atoms with Crippen LogP contribution in [0.15, 0.2) is 30.3 Å². The van der Waals surface area contributed by atoms with Crippen molar-refractivity contribution in [2.75, 3.05) is 13.6 Å². The molecule has 5 nitrogen and oxygen atoms in total. The molecule has 2 unspecified atom stereocenters. The van der Waals surface area contributed by atoms with Crippen molar-refractivity contribution >= 4 is 12.0 Å². The molecule has 0 bridgehead atoms. The van der Waals surface area contributed by atoms with Crippen LogP contribution in [-0.4, -0.2) is 36.5 Å². The number of hydrogen-bond donors (Lipinski definition) is 1. The Labute approximate surface area is 118 Å². The van der Waals surface area contributed by atoms with Gasteiger partial charge < -0.3 is 15.0 Å². The van der Waals surface area contributed by atoms with Crippen LogP contribution in [0.5, 0.6) is 0 Å². The molecule has 0 saturated carbocycles. The van der Waals surface area contributed by atoms with E-state index >= 15 is 0 Å². The summed E-state index contributed by atoms with van der Waals surface area (Å²) in [5.74, 6) is -0.113. The monoisotopic (exact) mass is 276 g/mol. The molecule has 1 fully saturated rings. The molecule has 2 amide bonds. The Morgan fingerprint density at radius 2 is 2.05 bits per heavy atom. The first-order chi connectivity index (χ1) is 9.63. The van der Waals surface area contributed by atoms with Crippen LogP contribution < -0.4 is 5.32 Å². The molecule has 108 valence electrons. The largest absolute Gasteiger partial charge is 0.439 e. The van der Waals surface area contributed by atoms with Crippen molar-refractivity contribution in [2.24, 2.45) is 0 Å². The topological polar surface area (TPSA) is 58.6 Å². The first kappa shape index (κ1) is 14.4. The normalized spacial score (nSPS) is 21.2. The highest BCUT2D eigenvalue weighted by molar-refractivity contribution is 5.88. The second-order valence-electron chi connectivity index (χ2n) is 4.97. The number of benzene rings is 1. The zero-order valence-corrected chi connectivity index (χ0v) is 11.8. The summed E-state index contributed by atoms with van der Waals surface area (Å²) < 4.78 is 5.24. The van der Waals surface area contributed by atoms with Gasteiger partial charge in [-0.25, -0.2) is 4.79 Å². The van der Waals surface area contributed by atoms with Crippen LogP contribution in [0, 0.1) is 0 Å². The Morgan fingerprint density at radius 3 is 2.70 bits per heavy atom. The number of carbonyl (C=O) groups is 2. The van der Waals surface area contributed by atoms with Crippen LogP contribution in [-0.2, 0) is 9.53 Å². The number of amides is 2. The lowest BCUT2D eigenvalue weighted by atomic mass is 10.0. The molecule has 5 heteroatoms. The first-order valence-corrected chi connectivity index (χ1v) is 6.90. The van der Waals surface area contributed by atoms with Gasteiger partial charge in [0.1, 0.15) is 0 Å². The summed E-state index contributed by atoms with van der Waals surface area (Å²) in [7, 11) is 1.75. The van der Waals surface area contributed by atoms with Gasteiger partial charge in [-0.05, 0) is 12.0 Å². The van der Waals surface area contributed by atoms with Crippen LogP contribution in [0.1, 0.15) is 31.4 Å². The summed E-state index contributed by atoms with van der Waals surface area (Å²) in [6, 6.07) is 8.69. The molecule has 1 aliphatic heterocycles. The summed E-state index contributed by atoms with van der Waals surface area (Å²) in [6.45, 7) is 2.76. The quantitative estimate of drug-likeness (QED) is 0.896. The first-order valence-electron chi connectivity index (χ1n) is 6.90. The van der Waals surface area contributed by atoms with Gasteiger partial charge in [0.2, 0.25) is 5.91 Å². The Morgan fingerprint density at radius 1 is 1.35 bits per heavy atom. The smallest absolute Gasteiger partial charge is 0.408 e. The van der Waals surface area contributed by atoms with Gasteiger partial charge in [-0.2, -0.15) is 0 Å². The molecular weight excluding hydrogens is 256 g/mol. The summed E-state index contributed by atoms with van der Waals surface area (Å²) in [4.78, 5) is 25.5. The molecule has 1 heterocycles. The second kappa shape index (κ2) is 6.41. The molecule has 0 radical (unpaired) electrons. The fourth-order valence-electron chi connectivity index (χ4n) is 2.26. The molecule has 20 heavy (non-hydrogen) atoms. The van der Waals surface area contributed by atoms with Crippen molar-refractivity contribution in [2.45, 2.75) is 31.9 Å². The van der Waals surface area contributed by atoms with Crippen molar-refractivity contribution < 1.29 is 14.3 Å². The van der Waals surface area contributed by atoms with Crippen LogP contribution in [0.3, 0.4) is 0 Å². The van der Waals surface area contributed by atoms with E-state index in [9.17, 15) is 9.59 Å². The lowest BCUT2D eigenvalue weighted by molar-refractivity contribution is -0.133. The van der Waals surface area contributed by atoms with Gasteiger partial charge >= 0.3 is 6.09 Å². The number of hydrogen-bond acceptors (Lipinski definition) is 3. The van der Waals surface area contributed by atoms with Gasteiger partial charge in [0.05, 0.1) is 0 Å². The Hall–Kier alpha value is -2.04. The molecular formula is C15H20N2O3. The molecule has 2 atom stereocenters. The maximum Gasteiger partial charge on any atom is 0.408 e. The van der Waals surface area contributed by atoms with E-state index in [0.29, 0.717) is 6.54 Å². The Balaban J connectivity index is 2.12. The highest BCUT2D eigenvalue weighted by atomic mass is 16.6. The molecule has 0 aliphatic carbocycles. The van der Waals surface area contributed by atoms with Gasteiger partial charge in [0.25, 0.3) is 0 Å². The minimum Gasteiger partial charge on any atom is -0.439 e. The second-order valence-corrected chi connectivity index (χ2v) is 4.97. The fourth-order valence-corrected chi connectivity index (χ4v) is 2.26. The number of nitrogens with one attached hydrogen (secondary N) is 1. The number of unbranched alkanes of at least 4 members (excludes halogenated alkanes) is 1. The van der Waals surface area contributed by atoms with Crippen molar-refractivity contribution in [3.05, 3.63) is 35.9 Å². The number of rotatable bonds is 5. The molecule has 2 rings (SSSR count). The third-order valence-corrected chi connectivity index (χ3v) is 3.43. The standard InChI is InChI=1S/C15H20N2O3/c1-3-4-10-17(2)14(18)12-13(20-15(19)16-12)11-8-6-5-7-9-11/h5-9,12-13H,3-4,10H2,1-2H3,(H,16,19). The zero-order chi connectivity index (χ0) is 14.5. The van der Waals surface area contributed by atoms with E-state index in [2.05, 4.69) is 12.2 Å².